The molecule has 0 aliphatic carbocycles. The molecule has 0 saturated carbocycles. The Balaban J connectivity index is 1.63. The van der Waals surface area contributed by atoms with Gasteiger partial charge in [0.2, 0.25) is 5.13 Å². The molecule has 0 saturated heterocycles. The van der Waals surface area contributed by atoms with Crippen LogP contribution in [0.1, 0.15) is 5.56 Å². The first kappa shape index (κ1) is 19.9. The van der Waals surface area contributed by atoms with E-state index < -0.39 is 0 Å². The Kier molecular flexibility index (Phi) is 5.97. The number of nitrogens with one attached hydrogen (secondary N) is 1. The smallest absolute Gasteiger partial charge is 0.204 e. The van der Waals surface area contributed by atoms with E-state index in [2.05, 4.69) is 22.7 Å². The maximum Gasteiger partial charge on any atom is 0.204 e. The van der Waals surface area contributed by atoms with Gasteiger partial charge in [-0.1, -0.05) is 65.4 Å². The van der Waals surface area contributed by atoms with Gasteiger partial charge in [0.1, 0.15) is 0 Å². The number of thiazole rings is 1. The summed E-state index contributed by atoms with van der Waals surface area (Å²) in [5.74, 6) is 0.479. The maximum atomic E-state index is 9.70. The van der Waals surface area contributed by atoms with E-state index in [1.807, 2.05) is 42.5 Å². The zero-order chi connectivity index (χ0) is 20.9. The van der Waals surface area contributed by atoms with Crippen molar-refractivity contribution in [3.63, 3.8) is 0 Å². The molecule has 0 unspecified atom stereocenters. The Bertz CT molecular complexity index is 1180. The van der Waals surface area contributed by atoms with E-state index in [9.17, 15) is 5.11 Å². The monoisotopic (exact) mass is 435 g/mol. The molecule has 4 aromatic rings. The second-order valence-corrected chi connectivity index (χ2v) is 7.81. The van der Waals surface area contributed by atoms with Gasteiger partial charge in [0.15, 0.2) is 11.5 Å². The lowest BCUT2D eigenvalue weighted by Crippen LogP contribution is -1.91. The summed E-state index contributed by atoms with van der Waals surface area (Å²) in [6.45, 7) is 0. The third kappa shape index (κ3) is 4.45. The highest BCUT2D eigenvalue weighted by Gasteiger charge is 2.14. The van der Waals surface area contributed by atoms with Crippen LogP contribution in [0.2, 0.25) is 5.02 Å². The standard InChI is InChI=1S/C23H18ClN3O2S/c1-29-20-13-15(7-12-19(20)28)14-25-27-23-26-21(16-8-10-18(24)11-9-16)22(30-23)17-5-3-2-4-6-17/h2-14,28H,1H3,(H,26,27)/b25-14-. The lowest BCUT2D eigenvalue weighted by atomic mass is 10.1. The van der Waals surface area contributed by atoms with Crippen molar-refractivity contribution < 1.29 is 9.84 Å². The molecule has 0 radical (unpaired) electrons. The molecule has 0 spiro atoms. The minimum atomic E-state index is 0.0858. The molecular formula is C23H18ClN3O2S. The summed E-state index contributed by atoms with van der Waals surface area (Å²) >= 11 is 7.57. The third-order valence-corrected chi connectivity index (χ3v) is 5.62. The number of aromatic hydroxyl groups is 1. The van der Waals surface area contributed by atoms with Crippen molar-refractivity contribution in [2.24, 2.45) is 5.10 Å². The number of hydrazone groups is 1. The van der Waals surface area contributed by atoms with Crippen LogP contribution in [0.15, 0.2) is 77.9 Å². The number of hydrogen-bond donors (Lipinski definition) is 2. The molecular weight excluding hydrogens is 418 g/mol. The summed E-state index contributed by atoms with van der Waals surface area (Å²) in [6.07, 6.45) is 1.65. The van der Waals surface area contributed by atoms with Gasteiger partial charge in [-0.2, -0.15) is 5.10 Å². The predicted molar refractivity (Wildman–Crippen MR) is 124 cm³/mol. The highest BCUT2D eigenvalue weighted by molar-refractivity contribution is 7.19. The number of methoxy groups -OCH3 is 1. The van der Waals surface area contributed by atoms with Crippen LogP contribution >= 0.6 is 22.9 Å². The zero-order valence-electron chi connectivity index (χ0n) is 16.0. The second kappa shape index (κ2) is 8.98. The lowest BCUT2D eigenvalue weighted by Gasteiger charge is -2.03. The first-order chi connectivity index (χ1) is 14.6. The van der Waals surface area contributed by atoms with Gasteiger partial charge in [-0.05, 0) is 41.5 Å². The number of rotatable bonds is 6. The van der Waals surface area contributed by atoms with Gasteiger partial charge in [-0.25, -0.2) is 4.98 Å². The number of ether oxygens (including phenoxy) is 1. The number of nitrogens with zero attached hydrogens (tertiary/aromatic N) is 2. The fourth-order valence-corrected chi connectivity index (χ4v) is 3.96. The normalized spacial score (nSPS) is 11.0. The largest absolute Gasteiger partial charge is 0.504 e. The molecule has 0 aliphatic rings. The molecule has 0 bridgehead atoms. The highest BCUT2D eigenvalue weighted by Crippen LogP contribution is 2.39. The molecule has 1 heterocycles. The molecule has 0 atom stereocenters. The number of phenols is 1. The van der Waals surface area contributed by atoms with Gasteiger partial charge in [-0.3, -0.25) is 5.43 Å². The van der Waals surface area contributed by atoms with Gasteiger partial charge < -0.3 is 9.84 Å². The average Bonchev–Trinajstić information content (AvgIpc) is 3.20. The molecule has 30 heavy (non-hydrogen) atoms. The fourth-order valence-electron chi connectivity index (χ4n) is 2.89. The lowest BCUT2D eigenvalue weighted by molar-refractivity contribution is 0.373. The summed E-state index contributed by atoms with van der Waals surface area (Å²) in [6, 6.07) is 22.8. The second-order valence-electron chi connectivity index (χ2n) is 6.37. The van der Waals surface area contributed by atoms with Crippen molar-refractivity contribution in [2.45, 2.75) is 0 Å². The molecule has 0 amide bonds. The molecule has 0 aliphatic heterocycles. The van der Waals surface area contributed by atoms with Crippen molar-refractivity contribution in [3.05, 3.63) is 83.4 Å². The SMILES string of the molecule is COc1cc(/C=N\Nc2nc(-c3ccc(Cl)cc3)c(-c3ccccc3)s2)ccc1O. The Morgan fingerprint density at radius 2 is 1.80 bits per heavy atom. The van der Waals surface area contributed by atoms with Crippen molar-refractivity contribution in [1.82, 2.24) is 4.98 Å². The molecule has 0 fully saturated rings. The topological polar surface area (TPSA) is 66.7 Å². The number of phenolic OH excluding ortho intramolecular Hbond substituents is 1. The van der Waals surface area contributed by atoms with Crippen LogP contribution in [-0.4, -0.2) is 23.4 Å². The van der Waals surface area contributed by atoms with Crippen LogP contribution in [-0.2, 0) is 0 Å². The Morgan fingerprint density at radius 1 is 1.03 bits per heavy atom. The molecule has 7 heteroatoms. The number of aromatic nitrogens is 1. The third-order valence-electron chi connectivity index (χ3n) is 4.36. The summed E-state index contributed by atoms with van der Waals surface area (Å²) in [5, 5.41) is 15.3. The van der Waals surface area contributed by atoms with Gasteiger partial charge in [0, 0.05) is 10.6 Å². The van der Waals surface area contributed by atoms with E-state index in [0.29, 0.717) is 15.9 Å². The van der Waals surface area contributed by atoms with E-state index in [0.717, 1.165) is 27.3 Å². The molecule has 1 aromatic heterocycles. The van der Waals surface area contributed by atoms with Crippen LogP contribution in [0.25, 0.3) is 21.7 Å². The van der Waals surface area contributed by atoms with E-state index in [-0.39, 0.29) is 5.75 Å². The highest BCUT2D eigenvalue weighted by atomic mass is 35.5. The number of halogens is 1. The zero-order valence-corrected chi connectivity index (χ0v) is 17.6. The quantitative estimate of drug-likeness (QED) is 0.276. The van der Waals surface area contributed by atoms with Gasteiger partial charge in [0.05, 0.1) is 23.9 Å². The summed E-state index contributed by atoms with van der Waals surface area (Å²) in [7, 11) is 1.51. The van der Waals surface area contributed by atoms with Crippen molar-refractivity contribution in [3.8, 4) is 33.2 Å². The molecule has 2 N–H and O–H groups in total. The molecule has 5 nitrogen and oxygen atoms in total. The van der Waals surface area contributed by atoms with E-state index in [1.165, 1.54) is 18.4 Å². The fraction of sp³-hybridized carbons (Fsp3) is 0.0435. The van der Waals surface area contributed by atoms with Crippen LogP contribution in [0.3, 0.4) is 0 Å². The van der Waals surface area contributed by atoms with Crippen LogP contribution in [0, 0.1) is 0 Å². The first-order valence-electron chi connectivity index (χ1n) is 9.12. The van der Waals surface area contributed by atoms with E-state index in [1.54, 1.807) is 24.4 Å². The van der Waals surface area contributed by atoms with E-state index >= 15 is 0 Å². The van der Waals surface area contributed by atoms with Crippen LogP contribution < -0.4 is 10.2 Å². The molecule has 3 aromatic carbocycles. The van der Waals surface area contributed by atoms with Gasteiger partial charge in [-0.15, -0.1) is 0 Å². The minimum Gasteiger partial charge on any atom is -0.504 e. The maximum absolute atomic E-state index is 9.70. The van der Waals surface area contributed by atoms with Crippen molar-refractivity contribution >= 4 is 34.3 Å². The molecule has 4 rings (SSSR count). The van der Waals surface area contributed by atoms with Crippen molar-refractivity contribution in [1.29, 1.82) is 0 Å². The molecule has 150 valence electrons. The number of hydrogen-bond acceptors (Lipinski definition) is 6. The van der Waals surface area contributed by atoms with E-state index in [4.69, 9.17) is 21.3 Å². The summed E-state index contributed by atoms with van der Waals surface area (Å²) < 4.78 is 5.12. The predicted octanol–water partition coefficient (Wildman–Crippen LogP) is 6.29. The Hall–Kier alpha value is -3.35. The van der Waals surface area contributed by atoms with Gasteiger partial charge >= 0.3 is 0 Å². The Morgan fingerprint density at radius 3 is 2.53 bits per heavy atom. The van der Waals surface area contributed by atoms with Crippen molar-refractivity contribution in [2.75, 3.05) is 12.5 Å². The average molecular weight is 436 g/mol. The number of benzene rings is 3. The van der Waals surface area contributed by atoms with Crippen LogP contribution in [0.5, 0.6) is 11.5 Å². The minimum absolute atomic E-state index is 0.0858. The number of anilines is 1. The first-order valence-corrected chi connectivity index (χ1v) is 10.3. The summed E-state index contributed by atoms with van der Waals surface area (Å²) in [4.78, 5) is 5.79. The summed E-state index contributed by atoms with van der Waals surface area (Å²) in [5.41, 5.74) is 6.72. The Labute approximate surface area is 183 Å². The van der Waals surface area contributed by atoms with Gasteiger partial charge in [0.25, 0.3) is 0 Å². The van der Waals surface area contributed by atoms with Crippen LogP contribution in [0.4, 0.5) is 5.13 Å².